The molecule has 0 aromatic rings. The van der Waals surface area contributed by atoms with Crippen molar-refractivity contribution >= 4 is 0 Å². The number of nitrogens with two attached hydrogens (primary N) is 1. The Bertz CT molecular complexity index is 149. The summed E-state index contributed by atoms with van der Waals surface area (Å²) in [5.41, 5.74) is 5.14. The van der Waals surface area contributed by atoms with E-state index in [9.17, 15) is 18.3 Å². The first-order valence-electron chi connectivity index (χ1n) is 4.25. The van der Waals surface area contributed by atoms with Crippen LogP contribution in [0.15, 0.2) is 0 Å². The maximum absolute atomic E-state index is 12.2. The molecular weight excluding hydrogens is 183 g/mol. The first-order valence-corrected chi connectivity index (χ1v) is 4.25. The van der Waals surface area contributed by atoms with Crippen molar-refractivity contribution in [2.45, 2.75) is 32.5 Å². The zero-order valence-electron chi connectivity index (χ0n) is 7.80. The number of alkyl halides is 3. The highest BCUT2D eigenvalue weighted by Gasteiger charge is 2.41. The van der Waals surface area contributed by atoms with Crippen LogP contribution in [0.25, 0.3) is 0 Å². The van der Waals surface area contributed by atoms with E-state index in [-0.39, 0.29) is 13.0 Å². The van der Waals surface area contributed by atoms with Gasteiger partial charge in [-0.1, -0.05) is 13.8 Å². The Hall–Kier alpha value is -0.290. The molecule has 0 spiro atoms. The molecular formula is C8H16F3NO. The van der Waals surface area contributed by atoms with Gasteiger partial charge in [0, 0.05) is 0 Å². The van der Waals surface area contributed by atoms with Crippen molar-refractivity contribution in [3.05, 3.63) is 0 Å². The van der Waals surface area contributed by atoms with E-state index in [1.54, 1.807) is 0 Å². The lowest BCUT2D eigenvalue weighted by atomic mass is 9.89. The molecule has 13 heavy (non-hydrogen) atoms. The van der Waals surface area contributed by atoms with E-state index >= 15 is 0 Å². The minimum Gasteiger partial charge on any atom is -0.393 e. The van der Waals surface area contributed by atoms with Gasteiger partial charge < -0.3 is 10.8 Å². The van der Waals surface area contributed by atoms with Crippen LogP contribution in [-0.2, 0) is 0 Å². The monoisotopic (exact) mass is 199 g/mol. The molecule has 3 atom stereocenters. The summed E-state index contributed by atoms with van der Waals surface area (Å²) < 4.78 is 36.5. The van der Waals surface area contributed by atoms with Gasteiger partial charge in [0.25, 0.3) is 0 Å². The normalized spacial score (nSPS) is 19.6. The molecule has 0 saturated heterocycles. The summed E-state index contributed by atoms with van der Waals surface area (Å²) in [4.78, 5) is 0. The zero-order chi connectivity index (χ0) is 10.6. The smallest absolute Gasteiger partial charge is 0.391 e. The first kappa shape index (κ1) is 12.7. The molecule has 0 aliphatic carbocycles. The van der Waals surface area contributed by atoms with Crippen LogP contribution >= 0.6 is 0 Å². The van der Waals surface area contributed by atoms with E-state index in [1.807, 2.05) is 0 Å². The summed E-state index contributed by atoms with van der Waals surface area (Å²) in [6, 6.07) is 0. The molecule has 0 radical (unpaired) electrons. The minimum absolute atomic E-state index is 0.204. The average Bonchev–Trinajstić information content (AvgIpc) is 2.00. The Morgan fingerprint density at radius 2 is 1.77 bits per heavy atom. The van der Waals surface area contributed by atoms with Gasteiger partial charge in [0.1, 0.15) is 0 Å². The van der Waals surface area contributed by atoms with Gasteiger partial charge in [-0.05, 0) is 18.9 Å². The van der Waals surface area contributed by atoms with Crippen molar-refractivity contribution in [2.24, 2.45) is 17.6 Å². The van der Waals surface area contributed by atoms with Crippen LogP contribution in [0.5, 0.6) is 0 Å². The van der Waals surface area contributed by atoms with Gasteiger partial charge in [-0.2, -0.15) is 13.2 Å². The second-order valence-corrected chi connectivity index (χ2v) is 3.33. The SMILES string of the molecule is CC(C(O)CCN)C(C)C(F)(F)F. The maximum atomic E-state index is 12.2. The lowest BCUT2D eigenvalue weighted by Gasteiger charge is -2.26. The van der Waals surface area contributed by atoms with Crippen molar-refractivity contribution in [3.8, 4) is 0 Å². The summed E-state index contributed by atoms with van der Waals surface area (Å²) in [6.07, 6.45) is -5.00. The highest BCUT2D eigenvalue weighted by Crippen LogP contribution is 2.33. The summed E-state index contributed by atoms with van der Waals surface area (Å²) in [7, 11) is 0. The fourth-order valence-corrected chi connectivity index (χ4v) is 1.06. The average molecular weight is 199 g/mol. The quantitative estimate of drug-likeness (QED) is 0.721. The molecule has 0 saturated carbocycles. The molecule has 2 nitrogen and oxygen atoms in total. The third-order valence-electron chi connectivity index (χ3n) is 2.37. The molecule has 80 valence electrons. The van der Waals surface area contributed by atoms with Gasteiger partial charge in [0.2, 0.25) is 0 Å². The van der Waals surface area contributed by atoms with Crippen LogP contribution in [0.1, 0.15) is 20.3 Å². The van der Waals surface area contributed by atoms with Crippen LogP contribution in [0, 0.1) is 11.8 Å². The highest BCUT2D eigenvalue weighted by atomic mass is 19.4. The van der Waals surface area contributed by atoms with Gasteiger partial charge in [-0.15, -0.1) is 0 Å². The number of aliphatic hydroxyl groups is 1. The third-order valence-corrected chi connectivity index (χ3v) is 2.37. The van der Waals surface area contributed by atoms with Gasteiger partial charge in [0.15, 0.2) is 0 Å². The predicted octanol–water partition coefficient (Wildman–Crippen LogP) is 1.53. The molecule has 0 aliphatic heterocycles. The number of hydrogen-bond donors (Lipinski definition) is 2. The van der Waals surface area contributed by atoms with Crippen LogP contribution in [0.3, 0.4) is 0 Å². The Morgan fingerprint density at radius 3 is 2.08 bits per heavy atom. The van der Waals surface area contributed by atoms with Crippen molar-refractivity contribution in [1.82, 2.24) is 0 Å². The minimum atomic E-state index is -4.24. The number of halogens is 3. The Morgan fingerprint density at radius 1 is 1.31 bits per heavy atom. The van der Waals surface area contributed by atoms with Crippen molar-refractivity contribution in [3.63, 3.8) is 0 Å². The Labute approximate surface area is 75.9 Å². The number of hydrogen-bond acceptors (Lipinski definition) is 2. The maximum Gasteiger partial charge on any atom is 0.391 e. The van der Waals surface area contributed by atoms with Gasteiger partial charge in [-0.3, -0.25) is 0 Å². The summed E-state index contributed by atoms with van der Waals surface area (Å²) in [6.45, 7) is 2.67. The molecule has 0 rings (SSSR count). The second kappa shape index (κ2) is 4.81. The molecule has 0 amide bonds. The van der Waals surface area contributed by atoms with Crippen molar-refractivity contribution in [2.75, 3.05) is 6.54 Å². The van der Waals surface area contributed by atoms with E-state index in [4.69, 9.17) is 5.73 Å². The Balaban J connectivity index is 4.16. The molecule has 0 aliphatic rings. The van der Waals surface area contributed by atoms with Crippen LogP contribution in [-0.4, -0.2) is 23.9 Å². The topological polar surface area (TPSA) is 46.2 Å². The summed E-state index contributed by atoms with van der Waals surface area (Å²) in [5, 5.41) is 9.27. The van der Waals surface area contributed by atoms with Crippen LogP contribution in [0.4, 0.5) is 13.2 Å². The van der Waals surface area contributed by atoms with Gasteiger partial charge in [-0.25, -0.2) is 0 Å². The fraction of sp³-hybridized carbons (Fsp3) is 1.00. The summed E-state index contributed by atoms with van der Waals surface area (Å²) >= 11 is 0. The number of aliphatic hydroxyl groups excluding tert-OH is 1. The molecule has 0 heterocycles. The van der Waals surface area contributed by atoms with Gasteiger partial charge in [0.05, 0.1) is 12.0 Å². The zero-order valence-corrected chi connectivity index (χ0v) is 7.80. The molecule has 0 aromatic carbocycles. The second-order valence-electron chi connectivity index (χ2n) is 3.33. The lowest BCUT2D eigenvalue weighted by molar-refractivity contribution is -0.191. The largest absolute Gasteiger partial charge is 0.393 e. The lowest BCUT2D eigenvalue weighted by Crippen LogP contribution is -2.34. The van der Waals surface area contributed by atoms with Crippen molar-refractivity contribution in [1.29, 1.82) is 0 Å². The first-order chi connectivity index (χ1) is 5.80. The summed E-state index contributed by atoms with van der Waals surface area (Å²) in [5.74, 6) is -2.29. The standard InChI is InChI=1S/C8H16F3NO/c1-5(7(13)3-4-12)6(2)8(9,10)11/h5-7,13H,3-4,12H2,1-2H3. The Kier molecular flexibility index (Phi) is 4.70. The van der Waals surface area contributed by atoms with E-state index < -0.39 is 24.1 Å². The fourth-order valence-electron chi connectivity index (χ4n) is 1.06. The highest BCUT2D eigenvalue weighted by molar-refractivity contribution is 4.75. The molecule has 3 N–H and O–H groups in total. The van der Waals surface area contributed by atoms with Crippen LogP contribution < -0.4 is 5.73 Å². The van der Waals surface area contributed by atoms with E-state index in [0.717, 1.165) is 6.92 Å². The van der Waals surface area contributed by atoms with Crippen LogP contribution in [0.2, 0.25) is 0 Å². The number of rotatable bonds is 4. The molecule has 3 unspecified atom stereocenters. The van der Waals surface area contributed by atoms with E-state index in [1.165, 1.54) is 6.92 Å². The predicted molar refractivity (Wildman–Crippen MR) is 44.1 cm³/mol. The molecule has 0 aromatic heterocycles. The molecule has 0 bridgehead atoms. The third kappa shape index (κ3) is 3.95. The van der Waals surface area contributed by atoms with Gasteiger partial charge >= 0.3 is 6.18 Å². The van der Waals surface area contributed by atoms with E-state index in [2.05, 4.69) is 0 Å². The molecule has 0 fully saturated rings. The molecule has 5 heteroatoms. The van der Waals surface area contributed by atoms with Crippen molar-refractivity contribution < 1.29 is 18.3 Å². The van der Waals surface area contributed by atoms with E-state index in [0.29, 0.717) is 0 Å².